The molecule has 1 aromatic carbocycles. The topological polar surface area (TPSA) is 72.2 Å². The number of nitrogen functional groups attached to an aromatic ring is 1. The quantitative estimate of drug-likeness (QED) is 0.831. The zero-order chi connectivity index (χ0) is 13.3. The van der Waals surface area contributed by atoms with E-state index in [0.29, 0.717) is 28.2 Å². The van der Waals surface area contributed by atoms with Crippen LogP contribution in [0.3, 0.4) is 0 Å². The van der Waals surface area contributed by atoms with Crippen LogP contribution in [0.25, 0.3) is 0 Å². The molecule has 3 N–H and O–H groups in total. The van der Waals surface area contributed by atoms with E-state index >= 15 is 0 Å². The summed E-state index contributed by atoms with van der Waals surface area (Å²) in [5.74, 6) is 0.490. The van der Waals surface area contributed by atoms with Gasteiger partial charge in [-0.2, -0.15) is 0 Å². The molecule has 0 aromatic heterocycles. The van der Waals surface area contributed by atoms with Crippen molar-refractivity contribution in [2.45, 2.75) is 31.1 Å². The number of nitrogens with two attached hydrogens (primary N) is 1. The van der Waals surface area contributed by atoms with Crippen LogP contribution < -0.4 is 10.5 Å². The standard InChI is InChI=1S/C12H17BrN2O2S/c1-8-11(14)5-10(13)6-12(8)18(16,17)15-7-9-3-2-4-9/h5-6,9,15H,2-4,7,14H2,1H3. The second kappa shape index (κ2) is 5.19. The van der Waals surface area contributed by atoms with Crippen molar-refractivity contribution >= 4 is 31.6 Å². The first-order valence-corrected chi connectivity index (χ1v) is 8.23. The third-order valence-electron chi connectivity index (χ3n) is 3.44. The van der Waals surface area contributed by atoms with Crippen molar-refractivity contribution in [3.63, 3.8) is 0 Å². The Labute approximate surface area is 116 Å². The van der Waals surface area contributed by atoms with E-state index in [0.717, 1.165) is 12.8 Å². The maximum atomic E-state index is 12.2. The molecule has 0 radical (unpaired) electrons. The smallest absolute Gasteiger partial charge is 0.240 e. The van der Waals surface area contributed by atoms with Crippen molar-refractivity contribution < 1.29 is 8.42 Å². The van der Waals surface area contributed by atoms with Gasteiger partial charge in [-0.15, -0.1) is 0 Å². The highest BCUT2D eigenvalue weighted by atomic mass is 79.9. The molecule has 100 valence electrons. The first-order chi connectivity index (χ1) is 8.40. The fraction of sp³-hybridized carbons (Fsp3) is 0.500. The Bertz CT molecular complexity index is 553. The molecule has 0 atom stereocenters. The zero-order valence-electron chi connectivity index (χ0n) is 10.2. The maximum absolute atomic E-state index is 12.2. The van der Waals surface area contributed by atoms with Gasteiger partial charge in [-0.25, -0.2) is 13.1 Å². The minimum Gasteiger partial charge on any atom is -0.398 e. The molecule has 18 heavy (non-hydrogen) atoms. The molecule has 6 heteroatoms. The first-order valence-electron chi connectivity index (χ1n) is 5.95. The molecule has 0 aliphatic heterocycles. The molecule has 1 aromatic rings. The lowest BCUT2D eigenvalue weighted by Gasteiger charge is -2.25. The van der Waals surface area contributed by atoms with Crippen LogP contribution in [0.15, 0.2) is 21.5 Å². The summed E-state index contributed by atoms with van der Waals surface area (Å²) in [6, 6.07) is 3.30. The van der Waals surface area contributed by atoms with Crippen LogP contribution in [0.5, 0.6) is 0 Å². The van der Waals surface area contributed by atoms with E-state index in [1.807, 2.05) is 0 Å². The van der Waals surface area contributed by atoms with E-state index in [1.165, 1.54) is 6.42 Å². The Balaban J connectivity index is 2.22. The Morgan fingerprint density at radius 3 is 2.67 bits per heavy atom. The molecular formula is C12H17BrN2O2S. The summed E-state index contributed by atoms with van der Waals surface area (Å²) in [7, 11) is -3.47. The first kappa shape index (κ1) is 13.8. The number of nitrogens with one attached hydrogen (secondary N) is 1. The molecule has 0 heterocycles. The zero-order valence-corrected chi connectivity index (χ0v) is 12.6. The Kier molecular flexibility index (Phi) is 3.99. The summed E-state index contributed by atoms with van der Waals surface area (Å²) in [5, 5.41) is 0. The van der Waals surface area contributed by atoms with Crippen LogP contribution >= 0.6 is 15.9 Å². The Morgan fingerprint density at radius 1 is 1.44 bits per heavy atom. The van der Waals surface area contributed by atoms with E-state index in [9.17, 15) is 8.42 Å². The Hall–Kier alpha value is -0.590. The molecule has 1 fully saturated rings. The van der Waals surface area contributed by atoms with Gasteiger partial charge in [0.15, 0.2) is 0 Å². The molecule has 0 spiro atoms. The SMILES string of the molecule is Cc1c(N)cc(Br)cc1S(=O)(=O)NCC1CCC1. The number of hydrogen-bond donors (Lipinski definition) is 2. The molecule has 1 aliphatic rings. The average Bonchev–Trinajstić information content (AvgIpc) is 2.20. The minimum atomic E-state index is -3.47. The molecule has 0 unspecified atom stereocenters. The van der Waals surface area contributed by atoms with Gasteiger partial charge in [-0.3, -0.25) is 0 Å². The van der Waals surface area contributed by atoms with Gasteiger partial charge in [0.05, 0.1) is 4.90 Å². The van der Waals surface area contributed by atoms with Gasteiger partial charge in [0.1, 0.15) is 0 Å². The number of rotatable bonds is 4. The lowest BCUT2D eigenvalue weighted by molar-refractivity contribution is 0.316. The fourth-order valence-corrected chi connectivity index (χ4v) is 4.00. The van der Waals surface area contributed by atoms with Crippen LogP contribution in [0, 0.1) is 12.8 Å². The normalized spacial score (nSPS) is 16.6. The van der Waals surface area contributed by atoms with Crippen LogP contribution in [0.4, 0.5) is 5.69 Å². The average molecular weight is 333 g/mol. The highest BCUT2D eigenvalue weighted by Gasteiger charge is 2.23. The van der Waals surface area contributed by atoms with Gasteiger partial charge in [-0.1, -0.05) is 22.4 Å². The second-order valence-corrected chi connectivity index (χ2v) is 7.42. The third-order valence-corrected chi connectivity index (χ3v) is 5.45. The number of sulfonamides is 1. The van der Waals surface area contributed by atoms with Crippen molar-refractivity contribution in [2.24, 2.45) is 5.92 Å². The van der Waals surface area contributed by atoms with E-state index in [2.05, 4.69) is 20.7 Å². The second-order valence-electron chi connectivity index (χ2n) is 4.77. The summed E-state index contributed by atoms with van der Waals surface area (Å²) >= 11 is 3.27. The van der Waals surface area contributed by atoms with Crippen molar-refractivity contribution in [2.75, 3.05) is 12.3 Å². The summed E-state index contributed by atoms with van der Waals surface area (Å²) < 4.78 is 27.8. The fourth-order valence-electron chi connectivity index (χ4n) is 1.96. The summed E-state index contributed by atoms with van der Waals surface area (Å²) in [4.78, 5) is 0.258. The van der Waals surface area contributed by atoms with E-state index in [4.69, 9.17) is 5.73 Å². The summed E-state index contributed by atoms with van der Waals surface area (Å²) in [6.07, 6.45) is 3.43. The maximum Gasteiger partial charge on any atom is 0.240 e. The molecule has 1 aliphatic carbocycles. The largest absolute Gasteiger partial charge is 0.398 e. The minimum absolute atomic E-state index is 0.258. The lowest BCUT2D eigenvalue weighted by atomic mass is 9.86. The van der Waals surface area contributed by atoms with Crippen molar-refractivity contribution in [3.05, 3.63) is 22.2 Å². The highest BCUT2D eigenvalue weighted by Crippen LogP contribution is 2.28. The van der Waals surface area contributed by atoms with Crippen LogP contribution in [0.2, 0.25) is 0 Å². The third kappa shape index (κ3) is 2.87. The van der Waals surface area contributed by atoms with Gasteiger partial charge in [0.25, 0.3) is 0 Å². The van der Waals surface area contributed by atoms with Crippen LogP contribution in [0.1, 0.15) is 24.8 Å². The number of halogens is 1. The molecule has 1 saturated carbocycles. The molecule has 0 saturated heterocycles. The molecule has 4 nitrogen and oxygen atoms in total. The van der Waals surface area contributed by atoms with E-state index in [1.54, 1.807) is 19.1 Å². The molecule has 0 amide bonds. The highest BCUT2D eigenvalue weighted by molar-refractivity contribution is 9.10. The van der Waals surface area contributed by atoms with Crippen molar-refractivity contribution in [3.8, 4) is 0 Å². The molecule has 2 rings (SSSR count). The number of hydrogen-bond acceptors (Lipinski definition) is 3. The summed E-state index contributed by atoms with van der Waals surface area (Å²) in [5.41, 5.74) is 6.87. The van der Waals surface area contributed by atoms with E-state index in [-0.39, 0.29) is 4.90 Å². The van der Waals surface area contributed by atoms with Gasteiger partial charge in [0.2, 0.25) is 10.0 Å². The number of anilines is 1. The van der Waals surface area contributed by atoms with Crippen LogP contribution in [-0.2, 0) is 10.0 Å². The van der Waals surface area contributed by atoms with Gasteiger partial charge in [0, 0.05) is 16.7 Å². The predicted octanol–water partition coefficient (Wildman–Crippen LogP) is 2.42. The monoisotopic (exact) mass is 332 g/mol. The summed E-state index contributed by atoms with van der Waals surface area (Å²) in [6.45, 7) is 2.24. The Morgan fingerprint density at radius 2 is 2.11 bits per heavy atom. The lowest BCUT2D eigenvalue weighted by Crippen LogP contribution is -2.32. The van der Waals surface area contributed by atoms with Crippen LogP contribution in [-0.4, -0.2) is 15.0 Å². The van der Waals surface area contributed by atoms with Crippen molar-refractivity contribution in [1.82, 2.24) is 4.72 Å². The van der Waals surface area contributed by atoms with E-state index < -0.39 is 10.0 Å². The van der Waals surface area contributed by atoms with Crippen molar-refractivity contribution in [1.29, 1.82) is 0 Å². The van der Waals surface area contributed by atoms with Gasteiger partial charge >= 0.3 is 0 Å². The number of benzene rings is 1. The van der Waals surface area contributed by atoms with Gasteiger partial charge < -0.3 is 5.73 Å². The molecule has 0 bridgehead atoms. The van der Waals surface area contributed by atoms with Gasteiger partial charge in [-0.05, 0) is 43.4 Å². The molecular weight excluding hydrogens is 316 g/mol. The predicted molar refractivity (Wildman–Crippen MR) is 75.8 cm³/mol.